The van der Waals surface area contributed by atoms with Crippen LogP contribution in [-0.2, 0) is 10.4 Å². The fourth-order valence-electron chi connectivity index (χ4n) is 2.97. The highest BCUT2D eigenvalue weighted by molar-refractivity contribution is 6.37. The molecule has 1 aromatic heterocycles. The number of anilines is 2. The summed E-state index contributed by atoms with van der Waals surface area (Å²) in [6.45, 7) is 4.77. The van der Waals surface area contributed by atoms with Crippen molar-refractivity contribution in [3.63, 3.8) is 0 Å². The van der Waals surface area contributed by atoms with Crippen molar-refractivity contribution >= 4 is 46.3 Å². The fourth-order valence-corrected chi connectivity index (χ4v) is 3.46. The van der Waals surface area contributed by atoms with Gasteiger partial charge in [0.15, 0.2) is 11.4 Å². The van der Waals surface area contributed by atoms with Crippen LogP contribution in [0.3, 0.4) is 0 Å². The quantitative estimate of drug-likeness (QED) is 0.470. The molecule has 1 atom stereocenters. The number of benzene rings is 1. The molecule has 2 heterocycles. The van der Waals surface area contributed by atoms with Crippen molar-refractivity contribution in [2.24, 2.45) is 5.16 Å². The largest absolute Gasteiger partial charge is 0.411 e. The van der Waals surface area contributed by atoms with Gasteiger partial charge in [0.25, 0.3) is 5.91 Å². The summed E-state index contributed by atoms with van der Waals surface area (Å²) in [5, 5.41) is 24.1. The number of carbonyl (C=O) groups excluding carboxylic acids is 1. The van der Waals surface area contributed by atoms with E-state index in [0.29, 0.717) is 23.0 Å². The maximum absolute atomic E-state index is 13.0. The summed E-state index contributed by atoms with van der Waals surface area (Å²) in [6, 6.07) is 4.66. The Kier molecular flexibility index (Phi) is 4.64. The van der Waals surface area contributed by atoms with E-state index in [1.165, 1.54) is 17.9 Å². The smallest absolute Gasteiger partial charge is 0.269 e. The van der Waals surface area contributed by atoms with Gasteiger partial charge in [-0.2, -0.15) is 0 Å². The molecular formula is C17H16Cl2N4O3. The summed E-state index contributed by atoms with van der Waals surface area (Å²) in [5.74, 6) is -0.0819. The van der Waals surface area contributed by atoms with Gasteiger partial charge in [-0.3, -0.25) is 9.69 Å². The van der Waals surface area contributed by atoms with E-state index in [4.69, 9.17) is 23.2 Å². The molecule has 1 aromatic carbocycles. The first kappa shape index (κ1) is 18.6. The van der Waals surface area contributed by atoms with Crippen molar-refractivity contribution < 1.29 is 15.1 Å². The van der Waals surface area contributed by atoms with E-state index in [9.17, 15) is 15.1 Å². The predicted molar refractivity (Wildman–Crippen MR) is 98.6 cm³/mol. The third-order valence-corrected chi connectivity index (χ3v) is 4.74. The van der Waals surface area contributed by atoms with E-state index in [1.54, 1.807) is 26.0 Å². The number of hydrogen-bond acceptors (Lipinski definition) is 6. The molecule has 136 valence electrons. The molecule has 2 aromatic rings. The van der Waals surface area contributed by atoms with Gasteiger partial charge in [-0.25, -0.2) is 9.97 Å². The van der Waals surface area contributed by atoms with Crippen LogP contribution in [0.25, 0.3) is 0 Å². The molecule has 0 bridgehead atoms. The van der Waals surface area contributed by atoms with Gasteiger partial charge in [0.2, 0.25) is 0 Å². The zero-order valence-electron chi connectivity index (χ0n) is 14.3. The van der Waals surface area contributed by atoms with Crippen LogP contribution in [0.5, 0.6) is 0 Å². The van der Waals surface area contributed by atoms with E-state index >= 15 is 0 Å². The lowest BCUT2D eigenvalue weighted by Gasteiger charge is -2.20. The number of aryl methyl sites for hydroxylation is 1. The molecule has 0 aliphatic carbocycles. The van der Waals surface area contributed by atoms with Crippen molar-refractivity contribution in [2.75, 3.05) is 4.90 Å². The first-order chi connectivity index (χ1) is 12.2. The molecule has 0 saturated heterocycles. The van der Waals surface area contributed by atoms with Gasteiger partial charge in [0.1, 0.15) is 17.2 Å². The molecule has 9 heteroatoms. The lowest BCUT2D eigenvalue weighted by atomic mass is 9.95. The SMILES string of the molecule is CCC(=NO)c1nc(C)nc2c1C(C)(O)C(=O)N2c1ccc(Cl)cc1Cl. The third-order valence-electron chi connectivity index (χ3n) is 4.20. The van der Waals surface area contributed by atoms with E-state index < -0.39 is 11.5 Å². The highest BCUT2D eigenvalue weighted by atomic mass is 35.5. The van der Waals surface area contributed by atoms with Gasteiger partial charge in [-0.05, 0) is 38.5 Å². The number of amides is 1. The molecule has 1 unspecified atom stereocenters. The number of oxime groups is 1. The molecule has 1 aliphatic heterocycles. The van der Waals surface area contributed by atoms with Gasteiger partial charge in [-0.1, -0.05) is 35.3 Å². The predicted octanol–water partition coefficient (Wildman–Crippen LogP) is 3.57. The number of rotatable bonds is 3. The Morgan fingerprint density at radius 2 is 2.04 bits per heavy atom. The van der Waals surface area contributed by atoms with E-state index in [2.05, 4.69) is 15.1 Å². The van der Waals surface area contributed by atoms with Crippen LogP contribution in [0.1, 0.15) is 37.4 Å². The Bertz CT molecular complexity index is 944. The Hall–Kier alpha value is -2.22. The van der Waals surface area contributed by atoms with Crippen LogP contribution in [0.15, 0.2) is 23.4 Å². The number of aliphatic hydroxyl groups is 1. The molecule has 2 N–H and O–H groups in total. The lowest BCUT2D eigenvalue weighted by Crippen LogP contribution is -2.36. The highest BCUT2D eigenvalue weighted by Gasteiger charge is 2.51. The Balaban J connectivity index is 2.34. The Labute approximate surface area is 159 Å². The average Bonchev–Trinajstić information content (AvgIpc) is 2.76. The minimum Gasteiger partial charge on any atom is -0.411 e. The van der Waals surface area contributed by atoms with Crippen molar-refractivity contribution in [1.82, 2.24) is 9.97 Å². The summed E-state index contributed by atoms with van der Waals surface area (Å²) >= 11 is 12.2. The normalized spacial score (nSPS) is 19.8. The highest BCUT2D eigenvalue weighted by Crippen LogP contribution is 2.46. The first-order valence-electron chi connectivity index (χ1n) is 7.84. The zero-order valence-corrected chi connectivity index (χ0v) is 15.8. The summed E-state index contributed by atoms with van der Waals surface area (Å²) in [7, 11) is 0. The number of carbonyl (C=O) groups is 1. The zero-order chi connectivity index (χ0) is 19.2. The minimum atomic E-state index is -1.91. The van der Waals surface area contributed by atoms with Crippen LogP contribution >= 0.6 is 23.2 Å². The monoisotopic (exact) mass is 394 g/mol. The molecule has 7 nitrogen and oxygen atoms in total. The second kappa shape index (κ2) is 6.50. The minimum absolute atomic E-state index is 0.175. The topological polar surface area (TPSA) is 98.9 Å². The number of halogens is 2. The van der Waals surface area contributed by atoms with E-state index in [-0.39, 0.29) is 27.8 Å². The molecular weight excluding hydrogens is 379 g/mol. The second-order valence-corrected chi connectivity index (χ2v) is 6.87. The Morgan fingerprint density at radius 3 is 2.62 bits per heavy atom. The summed E-state index contributed by atoms with van der Waals surface area (Å²) in [6.07, 6.45) is 0.353. The van der Waals surface area contributed by atoms with Crippen LogP contribution in [0, 0.1) is 6.92 Å². The standard InChI is InChI=1S/C17H16Cl2N4O3/c1-4-11(22-26)14-13-15(21-8(2)20-14)23(16(24)17(13,3)25)12-6-5-9(18)7-10(12)19/h5-7,25-26H,4H2,1-3H3. The molecule has 0 saturated carbocycles. The summed E-state index contributed by atoms with van der Waals surface area (Å²) < 4.78 is 0. The number of hydrogen-bond donors (Lipinski definition) is 2. The van der Waals surface area contributed by atoms with Crippen molar-refractivity contribution in [1.29, 1.82) is 0 Å². The maximum atomic E-state index is 13.0. The third kappa shape index (κ3) is 2.72. The Morgan fingerprint density at radius 1 is 1.35 bits per heavy atom. The number of aromatic nitrogens is 2. The molecule has 1 aliphatic rings. The summed E-state index contributed by atoms with van der Waals surface area (Å²) in [5.41, 5.74) is -0.934. The maximum Gasteiger partial charge on any atom is 0.269 e. The summed E-state index contributed by atoms with van der Waals surface area (Å²) in [4.78, 5) is 22.9. The number of nitrogens with zero attached hydrogens (tertiary/aromatic N) is 4. The molecule has 0 fully saturated rings. The molecule has 0 spiro atoms. The first-order valence-corrected chi connectivity index (χ1v) is 8.60. The van der Waals surface area contributed by atoms with Gasteiger partial charge >= 0.3 is 0 Å². The van der Waals surface area contributed by atoms with Gasteiger partial charge in [0, 0.05) is 5.02 Å². The molecule has 0 radical (unpaired) electrons. The van der Waals surface area contributed by atoms with Crippen molar-refractivity contribution in [3.8, 4) is 0 Å². The van der Waals surface area contributed by atoms with E-state index in [1.807, 2.05) is 0 Å². The number of fused-ring (bicyclic) bond motifs is 1. The average molecular weight is 395 g/mol. The van der Waals surface area contributed by atoms with Gasteiger partial charge in [-0.15, -0.1) is 0 Å². The van der Waals surface area contributed by atoms with Crippen LogP contribution in [-0.4, -0.2) is 31.9 Å². The van der Waals surface area contributed by atoms with Crippen LogP contribution in [0.2, 0.25) is 10.0 Å². The molecule has 26 heavy (non-hydrogen) atoms. The van der Waals surface area contributed by atoms with Gasteiger partial charge in [0.05, 0.1) is 16.3 Å². The fraction of sp³-hybridized carbons (Fsp3) is 0.294. The molecule has 3 rings (SSSR count). The van der Waals surface area contributed by atoms with Gasteiger partial charge < -0.3 is 10.3 Å². The van der Waals surface area contributed by atoms with E-state index in [0.717, 1.165) is 0 Å². The molecule has 1 amide bonds. The van der Waals surface area contributed by atoms with Crippen LogP contribution < -0.4 is 4.90 Å². The lowest BCUT2D eigenvalue weighted by molar-refractivity contribution is -0.133. The second-order valence-electron chi connectivity index (χ2n) is 6.03. The van der Waals surface area contributed by atoms with Crippen molar-refractivity contribution in [3.05, 3.63) is 45.3 Å². The van der Waals surface area contributed by atoms with Crippen LogP contribution in [0.4, 0.5) is 11.5 Å². The van der Waals surface area contributed by atoms with Crippen molar-refractivity contribution in [2.45, 2.75) is 32.8 Å².